The van der Waals surface area contributed by atoms with Crippen LogP contribution in [0.4, 0.5) is 18.9 Å². The highest BCUT2D eigenvalue weighted by atomic mass is 19.4. The predicted octanol–water partition coefficient (Wildman–Crippen LogP) is 3.00. The van der Waals surface area contributed by atoms with Gasteiger partial charge in [-0.3, -0.25) is 19.5 Å². The minimum absolute atomic E-state index is 0.0231. The van der Waals surface area contributed by atoms with Gasteiger partial charge in [0, 0.05) is 18.8 Å². The summed E-state index contributed by atoms with van der Waals surface area (Å²) in [5, 5.41) is 2.77. The van der Waals surface area contributed by atoms with Gasteiger partial charge in [-0.25, -0.2) is 0 Å². The number of benzene rings is 1. The second kappa shape index (κ2) is 11.3. The van der Waals surface area contributed by atoms with Gasteiger partial charge >= 0.3 is 12.1 Å². The zero-order valence-electron chi connectivity index (χ0n) is 17.0. The first-order chi connectivity index (χ1) is 14.7. The van der Waals surface area contributed by atoms with Crippen LogP contribution in [0.1, 0.15) is 18.9 Å². The molecule has 9 heteroatoms. The highest BCUT2D eigenvalue weighted by molar-refractivity contribution is 5.97. The van der Waals surface area contributed by atoms with Crippen LogP contribution in [0.15, 0.2) is 67.0 Å². The Balaban J connectivity index is 2.14. The van der Waals surface area contributed by atoms with Gasteiger partial charge in [0.05, 0.1) is 17.9 Å². The van der Waals surface area contributed by atoms with Crippen molar-refractivity contribution in [2.45, 2.75) is 38.0 Å². The van der Waals surface area contributed by atoms with Crippen molar-refractivity contribution in [1.82, 2.24) is 10.3 Å². The van der Waals surface area contributed by atoms with Gasteiger partial charge in [-0.15, -0.1) is 0 Å². The summed E-state index contributed by atoms with van der Waals surface area (Å²) in [6.07, 6.45) is 1.71. The number of carbonyl (C=O) groups excluding carboxylic acids is 2. The van der Waals surface area contributed by atoms with E-state index < -0.39 is 24.2 Å². The highest BCUT2D eigenvalue weighted by Crippen LogP contribution is 2.23. The lowest BCUT2D eigenvalue weighted by Crippen LogP contribution is -2.44. The quantitative estimate of drug-likeness (QED) is 0.594. The summed E-state index contributed by atoms with van der Waals surface area (Å²) in [5.74, 6) is -2.37. The zero-order chi connectivity index (χ0) is 22.9. The molecule has 2 aromatic rings. The molecule has 0 saturated carbocycles. The van der Waals surface area contributed by atoms with E-state index in [1.807, 2.05) is 30.3 Å². The molecule has 1 heterocycles. The first kappa shape index (κ1) is 24.1. The third-order valence-electron chi connectivity index (χ3n) is 4.43. The van der Waals surface area contributed by atoms with Crippen LogP contribution in [0, 0.1) is 0 Å². The number of hydrogen-bond donors (Lipinski definition) is 2. The number of amides is 2. The number of pyridine rings is 1. The van der Waals surface area contributed by atoms with Crippen molar-refractivity contribution >= 4 is 17.5 Å². The average Bonchev–Trinajstić information content (AvgIpc) is 2.75. The van der Waals surface area contributed by atoms with E-state index in [9.17, 15) is 22.8 Å². The number of rotatable bonds is 9. The normalized spacial score (nSPS) is 13.6. The maximum absolute atomic E-state index is 13.0. The Morgan fingerprint density at radius 1 is 1.19 bits per heavy atom. The number of anilines is 1. The monoisotopic (exact) mass is 434 g/mol. The minimum atomic E-state index is -5.03. The molecule has 2 amide bonds. The van der Waals surface area contributed by atoms with E-state index in [0.717, 1.165) is 5.56 Å². The minimum Gasteiger partial charge on any atom is -0.349 e. The number of aromatic nitrogens is 1. The van der Waals surface area contributed by atoms with E-state index in [0.29, 0.717) is 17.7 Å². The number of hydrogen-bond acceptors (Lipinski definition) is 4. The van der Waals surface area contributed by atoms with Gasteiger partial charge in [0.2, 0.25) is 5.91 Å². The highest BCUT2D eigenvalue weighted by Gasteiger charge is 2.42. The molecule has 0 aliphatic heterocycles. The van der Waals surface area contributed by atoms with Crippen LogP contribution in [0.5, 0.6) is 0 Å². The second-order valence-corrected chi connectivity index (χ2v) is 6.98. The molecule has 1 aromatic carbocycles. The number of nitrogens with zero attached hydrogens (tertiary/aromatic N) is 2. The maximum atomic E-state index is 13.0. The van der Waals surface area contributed by atoms with E-state index in [-0.39, 0.29) is 18.1 Å². The molecule has 0 fully saturated rings. The van der Waals surface area contributed by atoms with Gasteiger partial charge in [0.25, 0.3) is 0 Å². The van der Waals surface area contributed by atoms with Crippen molar-refractivity contribution in [2.75, 3.05) is 11.4 Å². The standard InChI is InChI=1S/C22H25F3N4O2/c1-16(26)20(30)28-18(12-11-17-7-3-2-4-8-17)9-6-14-29(21(31)22(23,24)25)19-10-5-13-27-15-19/h2-10,13,15-16,18H,11-12,14,26H2,1H3,(H,28,30)/b9-6+/t16-,18+/m0/s1. The van der Waals surface area contributed by atoms with E-state index in [1.165, 1.54) is 30.6 Å². The first-order valence-corrected chi connectivity index (χ1v) is 9.73. The summed E-state index contributed by atoms with van der Waals surface area (Å²) in [5.41, 5.74) is 6.69. The molecule has 0 saturated heterocycles. The van der Waals surface area contributed by atoms with E-state index in [1.54, 1.807) is 13.0 Å². The van der Waals surface area contributed by atoms with Crippen molar-refractivity contribution in [3.63, 3.8) is 0 Å². The molecule has 166 valence electrons. The molecule has 0 spiro atoms. The SMILES string of the molecule is C[C@H](N)C(=O)N[C@H](/C=C/CN(C(=O)C(F)(F)F)c1cccnc1)CCc1ccccc1. The van der Waals surface area contributed by atoms with Crippen molar-refractivity contribution in [3.05, 3.63) is 72.6 Å². The lowest BCUT2D eigenvalue weighted by Gasteiger charge is -2.22. The largest absolute Gasteiger partial charge is 0.471 e. The fraction of sp³-hybridized carbons (Fsp3) is 0.318. The van der Waals surface area contributed by atoms with Crippen LogP contribution in [-0.2, 0) is 16.0 Å². The third-order valence-corrected chi connectivity index (χ3v) is 4.43. The smallest absolute Gasteiger partial charge is 0.349 e. The van der Waals surface area contributed by atoms with Gasteiger partial charge < -0.3 is 11.1 Å². The van der Waals surface area contributed by atoms with Gasteiger partial charge in [-0.05, 0) is 37.5 Å². The predicted molar refractivity (Wildman–Crippen MR) is 112 cm³/mol. The molecule has 2 atom stereocenters. The molecule has 3 N–H and O–H groups in total. The van der Waals surface area contributed by atoms with Crippen molar-refractivity contribution in [1.29, 1.82) is 0 Å². The Kier molecular flexibility index (Phi) is 8.75. The Bertz CT molecular complexity index is 871. The van der Waals surface area contributed by atoms with Gasteiger partial charge in [0.15, 0.2) is 0 Å². The van der Waals surface area contributed by atoms with Crippen molar-refractivity contribution < 1.29 is 22.8 Å². The second-order valence-electron chi connectivity index (χ2n) is 6.98. The Hall–Kier alpha value is -3.20. The average molecular weight is 434 g/mol. The Labute approximate surface area is 179 Å². The summed E-state index contributed by atoms with van der Waals surface area (Å²) in [6, 6.07) is 11.2. The topological polar surface area (TPSA) is 88.3 Å². The number of nitrogens with two attached hydrogens (primary N) is 1. The fourth-order valence-corrected chi connectivity index (χ4v) is 2.80. The molecule has 0 aliphatic rings. The first-order valence-electron chi connectivity index (χ1n) is 9.73. The summed E-state index contributed by atoms with van der Waals surface area (Å²) < 4.78 is 39.1. The number of nitrogens with one attached hydrogen (secondary N) is 1. The lowest BCUT2D eigenvalue weighted by atomic mass is 10.0. The molecule has 0 bridgehead atoms. The molecule has 0 radical (unpaired) electrons. The number of alkyl halides is 3. The number of aryl methyl sites for hydroxylation is 1. The van der Waals surface area contributed by atoms with Crippen LogP contribution in [-0.4, -0.2) is 41.6 Å². The van der Waals surface area contributed by atoms with Gasteiger partial charge in [0.1, 0.15) is 0 Å². The van der Waals surface area contributed by atoms with Crippen molar-refractivity contribution in [3.8, 4) is 0 Å². The molecular weight excluding hydrogens is 409 g/mol. The zero-order valence-corrected chi connectivity index (χ0v) is 17.0. The number of carbonyl (C=O) groups is 2. The van der Waals surface area contributed by atoms with E-state index in [4.69, 9.17) is 5.73 Å². The summed E-state index contributed by atoms with van der Waals surface area (Å²) in [6.45, 7) is 1.21. The molecule has 31 heavy (non-hydrogen) atoms. The molecular formula is C22H25F3N4O2. The van der Waals surface area contributed by atoms with E-state index >= 15 is 0 Å². The molecule has 0 unspecified atom stereocenters. The van der Waals surface area contributed by atoms with E-state index in [2.05, 4.69) is 10.3 Å². The summed E-state index contributed by atoms with van der Waals surface area (Å²) in [7, 11) is 0. The molecule has 6 nitrogen and oxygen atoms in total. The molecule has 0 aliphatic carbocycles. The molecule has 2 rings (SSSR count). The molecule has 1 aromatic heterocycles. The van der Waals surface area contributed by atoms with Crippen LogP contribution < -0.4 is 16.0 Å². The lowest BCUT2D eigenvalue weighted by molar-refractivity contribution is -0.170. The number of halogens is 3. The van der Waals surface area contributed by atoms with Crippen LogP contribution >= 0.6 is 0 Å². The van der Waals surface area contributed by atoms with Crippen LogP contribution in [0.2, 0.25) is 0 Å². The van der Waals surface area contributed by atoms with Crippen LogP contribution in [0.3, 0.4) is 0 Å². The fourth-order valence-electron chi connectivity index (χ4n) is 2.80. The van der Waals surface area contributed by atoms with Gasteiger partial charge in [-0.2, -0.15) is 13.2 Å². The third kappa shape index (κ3) is 7.86. The summed E-state index contributed by atoms with van der Waals surface area (Å²) in [4.78, 5) is 28.3. The van der Waals surface area contributed by atoms with Gasteiger partial charge in [-0.1, -0.05) is 42.5 Å². The Morgan fingerprint density at radius 3 is 2.48 bits per heavy atom. The summed E-state index contributed by atoms with van der Waals surface area (Å²) >= 11 is 0. The maximum Gasteiger partial charge on any atom is 0.471 e. The Morgan fingerprint density at radius 2 is 1.90 bits per heavy atom. The van der Waals surface area contributed by atoms with Crippen LogP contribution in [0.25, 0.3) is 0 Å². The van der Waals surface area contributed by atoms with Crippen molar-refractivity contribution in [2.24, 2.45) is 5.73 Å².